The molecule has 0 aliphatic heterocycles. The maximum atomic E-state index is 11.5. The van der Waals surface area contributed by atoms with E-state index in [1.54, 1.807) is 19.2 Å². The van der Waals surface area contributed by atoms with Crippen LogP contribution in [0.2, 0.25) is 0 Å². The monoisotopic (exact) mass is 280 g/mol. The molecule has 0 aromatic heterocycles. The van der Waals surface area contributed by atoms with Crippen LogP contribution < -0.4 is 15.4 Å². The van der Waals surface area contributed by atoms with Gasteiger partial charge in [0, 0.05) is 13.7 Å². The summed E-state index contributed by atoms with van der Waals surface area (Å²) in [4.78, 5) is 22.8. The summed E-state index contributed by atoms with van der Waals surface area (Å²) in [5, 5.41) is 5.07. The fourth-order valence-corrected chi connectivity index (χ4v) is 1.37. The molecule has 20 heavy (non-hydrogen) atoms. The van der Waals surface area contributed by atoms with E-state index in [2.05, 4.69) is 10.6 Å². The smallest absolute Gasteiger partial charge is 0.258 e. The molecule has 0 spiro atoms. The van der Waals surface area contributed by atoms with Crippen molar-refractivity contribution in [1.29, 1.82) is 0 Å². The van der Waals surface area contributed by atoms with Crippen LogP contribution in [-0.4, -0.2) is 45.2 Å². The van der Waals surface area contributed by atoms with Crippen molar-refractivity contribution < 1.29 is 19.1 Å². The second-order valence-electron chi connectivity index (χ2n) is 4.22. The van der Waals surface area contributed by atoms with Gasteiger partial charge in [0.25, 0.3) is 5.91 Å². The van der Waals surface area contributed by atoms with Crippen molar-refractivity contribution in [1.82, 2.24) is 10.6 Å². The number of hydrogen-bond donors (Lipinski definition) is 2. The summed E-state index contributed by atoms with van der Waals surface area (Å²) >= 11 is 0. The van der Waals surface area contributed by atoms with Crippen LogP contribution in [0.25, 0.3) is 0 Å². The first-order valence-electron chi connectivity index (χ1n) is 6.33. The molecule has 2 amide bonds. The van der Waals surface area contributed by atoms with E-state index in [-0.39, 0.29) is 25.0 Å². The van der Waals surface area contributed by atoms with Crippen molar-refractivity contribution in [2.75, 3.05) is 33.4 Å². The van der Waals surface area contributed by atoms with Gasteiger partial charge in [-0.05, 0) is 19.1 Å². The molecule has 0 radical (unpaired) electrons. The third-order valence-corrected chi connectivity index (χ3v) is 2.47. The van der Waals surface area contributed by atoms with Crippen LogP contribution >= 0.6 is 0 Å². The van der Waals surface area contributed by atoms with Crippen LogP contribution in [0.4, 0.5) is 0 Å². The normalized spacial score (nSPS) is 9.90. The predicted molar refractivity (Wildman–Crippen MR) is 74.6 cm³/mol. The molecule has 6 heteroatoms. The number of methoxy groups -OCH3 is 1. The van der Waals surface area contributed by atoms with Gasteiger partial charge in [-0.1, -0.05) is 17.7 Å². The van der Waals surface area contributed by atoms with Crippen LogP contribution in [0, 0.1) is 6.92 Å². The number of amides is 2. The Balaban J connectivity index is 2.17. The third kappa shape index (κ3) is 6.75. The lowest BCUT2D eigenvalue weighted by Gasteiger charge is -2.08. The number of carbonyl (C=O) groups excluding carboxylic acids is 2. The minimum absolute atomic E-state index is 0.0696. The summed E-state index contributed by atoms with van der Waals surface area (Å²) in [6.45, 7) is 2.65. The highest BCUT2D eigenvalue weighted by molar-refractivity contribution is 5.85. The lowest BCUT2D eigenvalue weighted by atomic mass is 10.2. The Hall–Kier alpha value is -2.08. The minimum Gasteiger partial charge on any atom is -0.484 e. The zero-order valence-electron chi connectivity index (χ0n) is 11.8. The summed E-state index contributed by atoms with van der Waals surface area (Å²) in [5.74, 6) is 0.0218. The van der Waals surface area contributed by atoms with Gasteiger partial charge >= 0.3 is 0 Å². The standard InChI is InChI=1S/C14H20N2O4/c1-11-3-5-12(6-4-11)20-10-14(18)16-9-13(17)15-7-8-19-2/h3-6H,7-10H2,1-2H3,(H,15,17)(H,16,18). The Bertz CT molecular complexity index is 431. The Kier molecular flexibility index (Phi) is 7.13. The summed E-state index contributed by atoms with van der Waals surface area (Å²) < 4.78 is 10.1. The Morgan fingerprint density at radius 1 is 1.10 bits per heavy atom. The van der Waals surface area contributed by atoms with E-state index in [0.717, 1.165) is 5.56 Å². The van der Waals surface area contributed by atoms with Crippen molar-refractivity contribution in [3.63, 3.8) is 0 Å². The number of hydrogen-bond acceptors (Lipinski definition) is 4. The van der Waals surface area contributed by atoms with Gasteiger partial charge in [-0.2, -0.15) is 0 Å². The first-order valence-corrected chi connectivity index (χ1v) is 6.33. The second kappa shape index (κ2) is 8.92. The first-order chi connectivity index (χ1) is 9.61. The highest BCUT2D eigenvalue weighted by Gasteiger charge is 2.05. The molecule has 1 rings (SSSR count). The zero-order chi connectivity index (χ0) is 14.8. The largest absolute Gasteiger partial charge is 0.484 e. The van der Waals surface area contributed by atoms with E-state index in [9.17, 15) is 9.59 Å². The van der Waals surface area contributed by atoms with E-state index in [1.807, 2.05) is 19.1 Å². The second-order valence-corrected chi connectivity index (χ2v) is 4.22. The molecule has 0 aliphatic carbocycles. The maximum Gasteiger partial charge on any atom is 0.258 e. The van der Waals surface area contributed by atoms with Crippen LogP contribution in [0.5, 0.6) is 5.75 Å². The maximum absolute atomic E-state index is 11.5. The average molecular weight is 280 g/mol. The van der Waals surface area contributed by atoms with E-state index in [4.69, 9.17) is 9.47 Å². The molecule has 0 bridgehead atoms. The predicted octanol–water partition coefficient (Wildman–Crippen LogP) is 0.253. The van der Waals surface area contributed by atoms with Gasteiger partial charge in [0.15, 0.2) is 6.61 Å². The Morgan fingerprint density at radius 2 is 1.80 bits per heavy atom. The van der Waals surface area contributed by atoms with E-state index in [0.29, 0.717) is 18.9 Å². The van der Waals surface area contributed by atoms with Crippen molar-refractivity contribution in [2.24, 2.45) is 0 Å². The average Bonchev–Trinajstić information content (AvgIpc) is 2.45. The van der Waals surface area contributed by atoms with Crippen molar-refractivity contribution in [3.05, 3.63) is 29.8 Å². The van der Waals surface area contributed by atoms with Gasteiger partial charge in [0.2, 0.25) is 5.91 Å². The van der Waals surface area contributed by atoms with Gasteiger partial charge in [-0.15, -0.1) is 0 Å². The number of ether oxygens (including phenoxy) is 2. The van der Waals surface area contributed by atoms with Gasteiger partial charge in [0.1, 0.15) is 5.75 Å². The topological polar surface area (TPSA) is 76.7 Å². The molecule has 2 N–H and O–H groups in total. The van der Waals surface area contributed by atoms with Crippen molar-refractivity contribution >= 4 is 11.8 Å². The molecule has 0 atom stereocenters. The Labute approximate surface area is 118 Å². The molecule has 110 valence electrons. The van der Waals surface area contributed by atoms with E-state index in [1.165, 1.54) is 0 Å². The summed E-state index contributed by atoms with van der Waals surface area (Å²) in [5.41, 5.74) is 1.12. The quantitative estimate of drug-likeness (QED) is 0.669. The molecule has 0 saturated carbocycles. The first kappa shape index (κ1) is 16.0. The summed E-state index contributed by atoms with van der Waals surface area (Å²) in [6.07, 6.45) is 0. The minimum atomic E-state index is -0.340. The van der Waals surface area contributed by atoms with Crippen molar-refractivity contribution in [2.45, 2.75) is 6.92 Å². The van der Waals surface area contributed by atoms with Crippen molar-refractivity contribution in [3.8, 4) is 5.75 Å². The molecular weight excluding hydrogens is 260 g/mol. The lowest BCUT2D eigenvalue weighted by Crippen LogP contribution is -2.39. The number of nitrogens with one attached hydrogen (secondary N) is 2. The van der Waals surface area contributed by atoms with Crippen LogP contribution in [0.15, 0.2) is 24.3 Å². The molecule has 1 aromatic rings. The summed E-state index contributed by atoms with van der Waals surface area (Å²) in [7, 11) is 1.55. The lowest BCUT2D eigenvalue weighted by molar-refractivity contribution is -0.127. The number of rotatable bonds is 8. The van der Waals surface area contributed by atoms with Gasteiger partial charge in [0.05, 0.1) is 13.2 Å². The van der Waals surface area contributed by atoms with Gasteiger partial charge in [-0.25, -0.2) is 0 Å². The molecule has 0 fully saturated rings. The molecule has 0 unspecified atom stereocenters. The highest BCUT2D eigenvalue weighted by atomic mass is 16.5. The molecule has 0 heterocycles. The third-order valence-electron chi connectivity index (χ3n) is 2.47. The van der Waals surface area contributed by atoms with Gasteiger partial charge < -0.3 is 20.1 Å². The van der Waals surface area contributed by atoms with Crippen LogP contribution in [-0.2, 0) is 14.3 Å². The zero-order valence-corrected chi connectivity index (χ0v) is 11.8. The molecular formula is C14H20N2O4. The fourth-order valence-electron chi connectivity index (χ4n) is 1.37. The number of benzene rings is 1. The molecule has 0 saturated heterocycles. The Morgan fingerprint density at radius 3 is 2.45 bits per heavy atom. The van der Waals surface area contributed by atoms with Crippen LogP contribution in [0.3, 0.4) is 0 Å². The fraction of sp³-hybridized carbons (Fsp3) is 0.429. The van der Waals surface area contributed by atoms with Gasteiger partial charge in [-0.3, -0.25) is 9.59 Å². The number of carbonyl (C=O) groups is 2. The number of aryl methyl sites for hydroxylation is 1. The molecule has 0 aliphatic rings. The van der Waals surface area contributed by atoms with Crippen LogP contribution in [0.1, 0.15) is 5.56 Å². The molecule has 6 nitrogen and oxygen atoms in total. The molecule has 1 aromatic carbocycles. The SMILES string of the molecule is COCCNC(=O)CNC(=O)COc1ccc(C)cc1. The van der Waals surface area contributed by atoms with E-state index < -0.39 is 0 Å². The summed E-state index contributed by atoms with van der Waals surface area (Å²) in [6, 6.07) is 7.38. The highest BCUT2D eigenvalue weighted by Crippen LogP contribution is 2.10. The van der Waals surface area contributed by atoms with E-state index >= 15 is 0 Å².